The van der Waals surface area contributed by atoms with Gasteiger partial charge in [0, 0.05) is 18.9 Å². The van der Waals surface area contributed by atoms with Crippen molar-refractivity contribution in [2.45, 2.75) is 19.4 Å². The van der Waals surface area contributed by atoms with E-state index < -0.39 is 0 Å². The average Bonchev–Trinajstić information content (AvgIpc) is 2.18. The second-order valence-electron chi connectivity index (χ2n) is 3.27. The molecule has 1 heterocycles. The van der Waals surface area contributed by atoms with Crippen LogP contribution in [0.2, 0.25) is 0 Å². The van der Waals surface area contributed by atoms with E-state index in [-0.39, 0.29) is 12.1 Å². The van der Waals surface area contributed by atoms with Gasteiger partial charge in [0.05, 0.1) is 6.61 Å². The monoisotopic (exact) mass is 192 g/mol. The highest BCUT2D eigenvalue weighted by Gasteiger charge is 2.22. The number of esters is 1. The van der Waals surface area contributed by atoms with Gasteiger partial charge in [0.2, 0.25) is 0 Å². The lowest BCUT2D eigenvalue weighted by Crippen LogP contribution is -2.18. The van der Waals surface area contributed by atoms with Crippen molar-refractivity contribution in [1.82, 2.24) is 0 Å². The van der Waals surface area contributed by atoms with Crippen LogP contribution in [-0.4, -0.2) is 12.6 Å². The Hall–Kier alpha value is -1.51. The number of fused-ring (bicyclic) bond motifs is 1. The molecule has 14 heavy (non-hydrogen) atoms. The summed E-state index contributed by atoms with van der Waals surface area (Å²) < 4.78 is 10.6. The molecule has 0 spiro atoms. The van der Waals surface area contributed by atoms with E-state index in [9.17, 15) is 4.79 Å². The second kappa shape index (κ2) is 3.70. The summed E-state index contributed by atoms with van der Waals surface area (Å²) in [5.74, 6) is 0.580. The molecule has 0 saturated carbocycles. The fraction of sp³-hybridized carbons (Fsp3) is 0.364. The average molecular weight is 192 g/mol. The molecule has 0 bridgehead atoms. The molecule has 2 rings (SSSR count). The van der Waals surface area contributed by atoms with E-state index in [2.05, 4.69) is 0 Å². The first kappa shape index (κ1) is 9.06. The summed E-state index contributed by atoms with van der Waals surface area (Å²) in [4.78, 5) is 10.9. The van der Waals surface area contributed by atoms with Gasteiger partial charge in [-0.1, -0.05) is 18.2 Å². The molecule has 3 heteroatoms. The van der Waals surface area contributed by atoms with Crippen molar-refractivity contribution < 1.29 is 14.3 Å². The smallest absolute Gasteiger partial charge is 0.303 e. The summed E-state index contributed by atoms with van der Waals surface area (Å²) in [6.07, 6.45) is 0.591. The standard InChI is InChI=1S/C11H12O3/c1-8(12)14-11-6-7-13-10-5-3-2-4-9(10)11/h2-5,11H,6-7H2,1H3/t11-/m1/s1. The molecule has 0 aromatic heterocycles. The van der Waals surface area contributed by atoms with Crippen molar-refractivity contribution in [3.05, 3.63) is 29.8 Å². The van der Waals surface area contributed by atoms with Crippen molar-refractivity contribution in [2.75, 3.05) is 6.61 Å². The molecule has 0 saturated heterocycles. The van der Waals surface area contributed by atoms with Gasteiger partial charge >= 0.3 is 5.97 Å². The third-order valence-corrected chi connectivity index (χ3v) is 2.21. The highest BCUT2D eigenvalue weighted by atomic mass is 16.5. The summed E-state index contributed by atoms with van der Waals surface area (Å²) in [6, 6.07) is 7.66. The molecule has 74 valence electrons. The van der Waals surface area contributed by atoms with Crippen LogP contribution in [0.5, 0.6) is 5.75 Å². The van der Waals surface area contributed by atoms with Gasteiger partial charge in [-0.05, 0) is 6.07 Å². The summed E-state index contributed by atoms with van der Waals surface area (Å²) in [5.41, 5.74) is 0.967. The van der Waals surface area contributed by atoms with Gasteiger partial charge in [0.25, 0.3) is 0 Å². The van der Waals surface area contributed by atoms with Crippen LogP contribution in [-0.2, 0) is 9.53 Å². The Labute approximate surface area is 82.6 Å². The zero-order valence-electron chi connectivity index (χ0n) is 8.03. The number of rotatable bonds is 1. The largest absolute Gasteiger partial charge is 0.493 e. The summed E-state index contributed by atoms with van der Waals surface area (Å²) in [5, 5.41) is 0. The van der Waals surface area contributed by atoms with Crippen molar-refractivity contribution in [1.29, 1.82) is 0 Å². The van der Waals surface area contributed by atoms with E-state index in [1.165, 1.54) is 6.92 Å². The minimum Gasteiger partial charge on any atom is -0.493 e. The zero-order valence-corrected chi connectivity index (χ0v) is 8.03. The van der Waals surface area contributed by atoms with Crippen molar-refractivity contribution in [3.8, 4) is 5.75 Å². The lowest BCUT2D eigenvalue weighted by molar-refractivity contribution is -0.147. The van der Waals surface area contributed by atoms with Gasteiger partial charge in [-0.25, -0.2) is 0 Å². The van der Waals surface area contributed by atoms with Crippen LogP contribution in [0, 0.1) is 0 Å². The number of carbonyl (C=O) groups excluding carboxylic acids is 1. The quantitative estimate of drug-likeness (QED) is 0.639. The van der Waals surface area contributed by atoms with Crippen molar-refractivity contribution >= 4 is 5.97 Å². The molecular formula is C11H12O3. The van der Waals surface area contributed by atoms with Crippen LogP contribution in [0.15, 0.2) is 24.3 Å². The lowest BCUT2D eigenvalue weighted by atomic mass is 10.0. The van der Waals surface area contributed by atoms with Crippen LogP contribution >= 0.6 is 0 Å². The van der Waals surface area contributed by atoms with Gasteiger partial charge in [0.1, 0.15) is 11.9 Å². The number of ether oxygens (including phenoxy) is 2. The maximum atomic E-state index is 10.9. The minimum absolute atomic E-state index is 0.141. The number of para-hydroxylation sites is 1. The molecule has 0 unspecified atom stereocenters. The van der Waals surface area contributed by atoms with E-state index >= 15 is 0 Å². The first-order chi connectivity index (χ1) is 6.77. The summed E-state index contributed by atoms with van der Waals surface area (Å²) in [7, 11) is 0. The molecule has 1 aliphatic heterocycles. The molecule has 0 amide bonds. The predicted octanol–water partition coefficient (Wildman–Crippen LogP) is 2.07. The Balaban J connectivity index is 2.26. The number of hydrogen-bond acceptors (Lipinski definition) is 3. The third kappa shape index (κ3) is 1.71. The number of hydrogen-bond donors (Lipinski definition) is 0. The van der Waals surface area contributed by atoms with Gasteiger partial charge in [-0.2, -0.15) is 0 Å². The highest BCUT2D eigenvalue weighted by Crippen LogP contribution is 2.33. The Bertz CT molecular complexity index is 346. The van der Waals surface area contributed by atoms with E-state index in [1.807, 2.05) is 24.3 Å². The summed E-state index contributed by atoms with van der Waals surface area (Å²) in [6.45, 7) is 2.03. The maximum absolute atomic E-state index is 10.9. The van der Waals surface area contributed by atoms with Crippen LogP contribution in [0.3, 0.4) is 0 Å². The van der Waals surface area contributed by atoms with Crippen LogP contribution in [0.4, 0.5) is 0 Å². The SMILES string of the molecule is CC(=O)O[C@@H]1CCOc2ccccc21. The number of carbonyl (C=O) groups is 1. The van der Waals surface area contributed by atoms with Crippen LogP contribution in [0.25, 0.3) is 0 Å². The van der Waals surface area contributed by atoms with Crippen LogP contribution in [0.1, 0.15) is 25.0 Å². The summed E-state index contributed by atoms with van der Waals surface area (Å²) >= 11 is 0. The second-order valence-corrected chi connectivity index (χ2v) is 3.27. The first-order valence-electron chi connectivity index (χ1n) is 4.66. The minimum atomic E-state index is -0.244. The fourth-order valence-corrected chi connectivity index (χ4v) is 1.63. The van der Waals surface area contributed by atoms with Crippen molar-refractivity contribution in [3.63, 3.8) is 0 Å². The van der Waals surface area contributed by atoms with Gasteiger partial charge in [-0.15, -0.1) is 0 Å². The van der Waals surface area contributed by atoms with Gasteiger partial charge in [-0.3, -0.25) is 4.79 Å². The molecule has 3 nitrogen and oxygen atoms in total. The highest BCUT2D eigenvalue weighted by molar-refractivity contribution is 5.66. The Morgan fingerprint density at radius 1 is 1.50 bits per heavy atom. The maximum Gasteiger partial charge on any atom is 0.303 e. The van der Waals surface area contributed by atoms with Gasteiger partial charge in [0.15, 0.2) is 0 Å². The molecule has 0 radical (unpaired) electrons. The fourth-order valence-electron chi connectivity index (χ4n) is 1.63. The predicted molar refractivity (Wildman–Crippen MR) is 51.1 cm³/mol. The topological polar surface area (TPSA) is 35.5 Å². The van der Waals surface area contributed by atoms with Crippen molar-refractivity contribution in [2.24, 2.45) is 0 Å². The molecule has 0 fully saturated rings. The lowest BCUT2D eigenvalue weighted by Gasteiger charge is -2.25. The molecular weight excluding hydrogens is 180 g/mol. The third-order valence-electron chi connectivity index (χ3n) is 2.21. The number of benzene rings is 1. The molecule has 0 N–H and O–H groups in total. The molecule has 1 atom stereocenters. The molecule has 1 aromatic rings. The van der Waals surface area contributed by atoms with Gasteiger partial charge < -0.3 is 9.47 Å². The molecule has 1 aromatic carbocycles. The van der Waals surface area contributed by atoms with Crippen LogP contribution < -0.4 is 4.74 Å². The van der Waals surface area contributed by atoms with E-state index in [0.717, 1.165) is 17.7 Å². The van der Waals surface area contributed by atoms with E-state index in [1.54, 1.807) is 0 Å². The normalized spacial score (nSPS) is 19.4. The first-order valence-corrected chi connectivity index (χ1v) is 4.66. The zero-order chi connectivity index (χ0) is 9.97. The molecule has 0 aliphatic carbocycles. The Kier molecular flexibility index (Phi) is 2.39. The molecule has 1 aliphatic rings. The van der Waals surface area contributed by atoms with E-state index in [0.29, 0.717) is 6.61 Å². The van der Waals surface area contributed by atoms with E-state index in [4.69, 9.17) is 9.47 Å². The Morgan fingerprint density at radius 3 is 3.07 bits per heavy atom. The Morgan fingerprint density at radius 2 is 2.29 bits per heavy atom.